The quantitative estimate of drug-likeness (QED) is 0.691. The molecule has 0 radical (unpaired) electrons. The highest BCUT2D eigenvalue weighted by Crippen LogP contribution is 2.31. The van der Waals surface area contributed by atoms with Gasteiger partial charge in [0.25, 0.3) is 5.91 Å². The normalized spacial score (nSPS) is 15.6. The van der Waals surface area contributed by atoms with Gasteiger partial charge in [-0.05, 0) is 75.6 Å². The molecule has 27 heavy (non-hydrogen) atoms. The lowest BCUT2D eigenvalue weighted by Gasteiger charge is -2.18. The van der Waals surface area contributed by atoms with Gasteiger partial charge in [-0.25, -0.2) is 4.21 Å². The van der Waals surface area contributed by atoms with Gasteiger partial charge in [-0.2, -0.15) is 4.40 Å². The highest BCUT2D eigenvalue weighted by molar-refractivity contribution is 7.85. The molecular weight excluding hydrogens is 380 g/mol. The predicted octanol–water partition coefficient (Wildman–Crippen LogP) is 4.81. The van der Waals surface area contributed by atoms with Crippen LogP contribution in [0.3, 0.4) is 0 Å². The molecule has 0 saturated carbocycles. The van der Waals surface area contributed by atoms with Crippen LogP contribution in [0.5, 0.6) is 0 Å². The number of carbonyl (C=O) groups is 1. The minimum atomic E-state index is -1.30. The molecule has 1 heterocycles. The summed E-state index contributed by atoms with van der Waals surface area (Å²) < 4.78 is 16.2. The summed E-state index contributed by atoms with van der Waals surface area (Å²) in [6, 6.07) is 12.9. The van der Waals surface area contributed by atoms with Gasteiger partial charge in [0.15, 0.2) is 0 Å². The zero-order valence-electron chi connectivity index (χ0n) is 16.0. The summed E-state index contributed by atoms with van der Waals surface area (Å²) in [4.78, 5) is 14.6. The Morgan fingerprint density at radius 3 is 2.56 bits per heavy atom. The molecule has 6 heteroatoms. The molecule has 0 saturated heterocycles. The summed E-state index contributed by atoms with van der Waals surface area (Å²) in [5, 5.41) is 0.550. The third-order valence-electron chi connectivity index (χ3n) is 4.45. The maximum atomic E-state index is 12.8. The Balaban J connectivity index is 1.86. The lowest BCUT2D eigenvalue weighted by atomic mass is 10.1. The van der Waals surface area contributed by atoms with Crippen LogP contribution < -0.4 is 4.90 Å². The van der Waals surface area contributed by atoms with Gasteiger partial charge in [0, 0.05) is 22.8 Å². The summed E-state index contributed by atoms with van der Waals surface area (Å²) >= 11 is 6.02. The van der Waals surface area contributed by atoms with Gasteiger partial charge in [0.2, 0.25) is 0 Å². The molecule has 2 aromatic rings. The maximum Gasteiger partial charge on any atom is 0.258 e. The van der Waals surface area contributed by atoms with Crippen LogP contribution in [-0.2, 0) is 17.4 Å². The van der Waals surface area contributed by atoms with Crippen LogP contribution in [0, 0.1) is 0 Å². The third-order valence-corrected chi connectivity index (χ3v) is 6.18. The van der Waals surface area contributed by atoms with Crippen molar-refractivity contribution in [2.24, 2.45) is 4.40 Å². The Kier molecular flexibility index (Phi) is 5.54. The maximum absolute atomic E-state index is 12.8. The zero-order valence-corrected chi connectivity index (χ0v) is 17.5. The molecule has 3 rings (SSSR count). The van der Waals surface area contributed by atoms with Crippen LogP contribution in [-0.4, -0.2) is 27.1 Å². The van der Waals surface area contributed by atoms with E-state index >= 15 is 0 Å². The highest BCUT2D eigenvalue weighted by Gasteiger charge is 2.26. The first-order chi connectivity index (χ1) is 12.7. The van der Waals surface area contributed by atoms with Crippen molar-refractivity contribution in [3.8, 4) is 0 Å². The minimum Gasteiger partial charge on any atom is -0.308 e. The van der Waals surface area contributed by atoms with Crippen LogP contribution in [0.1, 0.15) is 49.2 Å². The van der Waals surface area contributed by atoms with E-state index in [1.54, 1.807) is 29.2 Å². The zero-order chi connectivity index (χ0) is 19.8. The Morgan fingerprint density at radius 2 is 1.89 bits per heavy atom. The van der Waals surface area contributed by atoms with Crippen molar-refractivity contribution in [3.05, 3.63) is 64.2 Å². The average Bonchev–Trinajstić information content (AvgIpc) is 3.03. The van der Waals surface area contributed by atoms with Crippen molar-refractivity contribution in [1.29, 1.82) is 0 Å². The average molecular weight is 403 g/mol. The Morgan fingerprint density at radius 1 is 1.15 bits per heavy atom. The van der Waals surface area contributed by atoms with Crippen LogP contribution in [0.25, 0.3) is 0 Å². The molecule has 0 aliphatic carbocycles. The topological polar surface area (TPSA) is 49.7 Å². The second-order valence-corrected chi connectivity index (χ2v) is 9.94. The Bertz CT molecular complexity index is 947. The van der Waals surface area contributed by atoms with Gasteiger partial charge >= 0.3 is 0 Å². The smallest absolute Gasteiger partial charge is 0.258 e. The molecule has 0 aromatic heterocycles. The fourth-order valence-electron chi connectivity index (χ4n) is 2.93. The summed E-state index contributed by atoms with van der Waals surface area (Å²) in [6.07, 6.45) is 0.783. The summed E-state index contributed by atoms with van der Waals surface area (Å²) in [5.74, 6) is -0.0526. The monoisotopic (exact) mass is 402 g/mol. The fraction of sp³-hybridized carbons (Fsp3) is 0.333. The van der Waals surface area contributed by atoms with E-state index in [1.807, 2.05) is 45.9 Å². The summed E-state index contributed by atoms with van der Waals surface area (Å²) in [7, 11) is -1.30. The van der Waals surface area contributed by atoms with Crippen molar-refractivity contribution in [2.75, 3.05) is 11.4 Å². The first kappa shape index (κ1) is 19.8. The number of fused-ring (bicyclic) bond motifs is 1. The number of hydrogen-bond acceptors (Lipinski definition) is 2. The molecule has 0 N–H and O–H groups in total. The van der Waals surface area contributed by atoms with Gasteiger partial charge in [-0.3, -0.25) is 4.79 Å². The number of carbonyl (C=O) groups excluding carboxylic acids is 1. The summed E-state index contributed by atoms with van der Waals surface area (Å²) in [6.45, 7) is 8.22. The number of amides is 1. The molecule has 1 amide bonds. The molecule has 2 aromatic carbocycles. The van der Waals surface area contributed by atoms with E-state index in [1.165, 1.54) is 0 Å². The molecular formula is C21H23ClN2O2S. The van der Waals surface area contributed by atoms with E-state index in [0.717, 1.165) is 28.9 Å². The molecule has 0 unspecified atom stereocenters. The first-order valence-electron chi connectivity index (χ1n) is 8.85. The standard InChI is InChI=1S/C21H23ClN2O2S/c1-14(23-27(26)21(2,3)4)15-8-9-19-16(12-15)10-11-24(19)20(25)17-6-5-7-18(22)13-17/h5-9,12-13H,10-11H2,1-4H3/t27-/m1/s1. The van der Waals surface area contributed by atoms with E-state index in [0.29, 0.717) is 17.1 Å². The molecule has 1 aliphatic heterocycles. The molecule has 0 bridgehead atoms. The van der Waals surface area contributed by atoms with Crippen LogP contribution in [0.15, 0.2) is 46.9 Å². The second-order valence-electron chi connectivity index (χ2n) is 7.60. The van der Waals surface area contributed by atoms with E-state index in [2.05, 4.69) is 4.40 Å². The van der Waals surface area contributed by atoms with E-state index in [4.69, 9.17) is 11.6 Å². The van der Waals surface area contributed by atoms with Gasteiger partial charge < -0.3 is 4.90 Å². The number of halogens is 1. The predicted molar refractivity (Wildman–Crippen MR) is 113 cm³/mol. The molecule has 1 aliphatic rings. The number of rotatable bonds is 3. The van der Waals surface area contributed by atoms with E-state index < -0.39 is 15.7 Å². The van der Waals surface area contributed by atoms with Crippen molar-refractivity contribution < 1.29 is 9.00 Å². The molecule has 142 valence electrons. The minimum absolute atomic E-state index is 0.0526. The molecule has 1 atom stereocenters. The van der Waals surface area contributed by atoms with Gasteiger partial charge in [0.05, 0.1) is 10.5 Å². The fourth-order valence-corrected chi connectivity index (χ4v) is 3.75. The first-order valence-corrected chi connectivity index (χ1v) is 10.3. The molecule has 4 nitrogen and oxygen atoms in total. The number of hydrogen-bond donors (Lipinski definition) is 0. The molecule has 0 fully saturated rings. The SMILES string of the molecule is CC(=N[S@](=O)C(C)(C)C)c1ccc2c(c1)CCN2C(=O)c1cccc(Cl)c1. The van der Waals surface area contributed by atoms with E-state index in [-0.39, 0.29) is 5.91 Å². The van der Waals surface area contributed by atoms with Crippen molar-refractivity contribution in [3.63, 3.8) is 0 Å². The van der Waals surface area contributed by atoms with Gasteiger partial charge in [0.1, 0.15) is 11.0 Å². The largest absolute Gasteiger partial charge is 0.308 e. The second kappa shape index (κ2) is 7.56. The van der Waals surface area contributed by atoms with E-state index in [9.17, 15) is 9.00 Å². The van der Waals surface area contributed by atoms with Crippen molar-refractivity contribution in [1.82, 2.24) is 0 Å². The van der Waals surface area contributed by atoms with Gasteiger partial charge in [-0.15, -0.1) is 0 Å². The summed E-state index contributed by atoms with van der Waals surface area (Å²) in [5.41, 5.74) is 4.26. The highest BCUT2D eigenvalue weighted by atomic mass is 35.5. The molecule has 0 spiro atoms. The Hall–Kier alpha value is -1.98. The van der Waals surface area contributed by atoms with Crippen LogP contribution in [0.2, 0.25) is 5.02 Å². The lowest BCUT2D eigenvalue weighted by molar-refractivity contribution is 0.0989. The van der Waals surface area contributed by atoms with Crippen molar-refractivity contribution in [2.45, 2.75) is 38.9 Å². The van der Waals surface area contributed by atoms with Crippen LogP contribution in [0.4, 0.5) is 5.69 Å². The number of benzene rings is 2. The van der Waals surface area contributed by atoms with Gasteiger partial charge in [-0.1, -0.05) is 23.7 Å². The van der Waals surface area contributed by atoms with Crippen LogP contribution >= 0.6 is 11.6 Å². The van der Waals surface area contributed by atoms with Crippen molar-refractivity contribution >= 4 is 39.9 Å². The Labute approximate surface area is 167 Å². The number of anilines is 1. The number of nitrogens with zero attached hydrogens (tertiary/aromatic N) is 2. The lowest BCUT2D eigenvalue weighted by Crippen LogP contribution is -2.28. The third kappa shape index (κ3) is 4.30.